The second kappa shape index (κ2) is 11.7. The van der Waals surface area contributed by atoms with E-state index in [1.807, 2.05) is 18.2 Å². The third-order valence-electron chi connectivity index (χ3n) is 8.76. The Bertz CT molecular complexity index is 1190. The summed E-state index contributed by atoms with van der Waals surface area (Å²) in [6.07, 6.45) is 7.61. The smallest absolute Gasteiger partial charge is 0.138 e. The van der Waals surface area contributed by atoms with E-state index in [2.05, 4.69) is 66.4 Å². The standard InChI is InChI=1S/C32H41ClN2O2/c1-34(2)29-15-19-35(20-16-29)18-14-27-9-5-6-17-32(27,36)28-12-13-31(30(33)22-28)37-23-24-10-11-25-7-3-4-8-26(25)21-24/h3-4,7-8,10-13,21-22,27,29,36H,5-6,9,14-20,23H2,1-2H3. The van der Waals surface area contributed by atoms with E-state index >= 15 is 0 Å². The average molecular weight is 521 g/mol. The van der Waals surface area contributed by atoms with Crippen molar-refractivity contribution in [2.45, 2.75) is 63.2 Å². The van der Waals surface area contributed by atoms with Gasteiger partial charge < -0.3 is 19.6 Å². The van der Waals surface area contributed by atoms with Crippen LogP contribution in [0.25, 0.3) is 10.8 Å². The number of piperidine rings is 1. The highest BCUT2D eigenvalue weighted by atomic mass is 35.5. The van der Waals surface area contributed by atoms with E-state index in [-0.39, 0.29) is 5.92 Å². The summed E-state index contributed by atoms with van der Waals surface area (Å²) in [5.74, 6) is 0.923. The van der Waals surface area contributed by atoms with Gasteiger partial charge in [0.25, 0.3) is 0 Å². The van der Waals surface area contributed by atoms with Gasteiger partial charge in [0.1, 0.15) is 12.4 Å². The van der Waals surface area contributed by atoms with Crippen LogP contribution in [-0.4, -0.2) is 54.7 Å². The molecule has 5 rings (SSSR count). The van der Waals surface area contributed by atoms with Gasteiger partial charge in [0.15, 0.2) is 0 Å². The molecule has 2 fully saturated rings. The summed E-state index contributed by atoms with van der Waals surface area (Å²) in [7, 11) is 4.38. The predicted molar refractivity (Wildman–Crippen MR) is 153 cm³/mol. The third kappa shape index (κ3) is 6.15. The van der Waals surface area contributed by atoms with Gasteiger partial charge in [-0.1, -0.05) is 66.9 Å². The molecule has 1 heterocycles. The summed E-state index contributed by atoms with van der Waals surface area (Å²) in [5.41, 5.74) is 1.23. The minimum absolute atomic E-state index is 0.258. The first kappa shape index (κ1) is 26.5. The topological polar surface area (TPSA) is 35.9 Å². The average Bonchev–Trinajstić information content (AvgIpc) is 2.92. The Labute approximate surface area is 227 Å². The van der Waals surface area contributed by atoms with Crippen molar-refractivity contribution in [2.24, 2.45) is 5.92 Å². The van der Waals surface area contributed by atoms with E-state index in [0.717, 1.165) is 56.4 Å². The largest absolute Gasteiger partial charge is 0.487 e. The summed E-state index contributed by atoms with van der Waals surface area (Å²) < 4.78 is 6.10. The lowest BCUT2D eigenvalue weighted by Crippen LogP contribution is -2.44. The van der Waals surface area contributed by atoms with Crippen molar-refractivity contribution in [1.82, 2.24) is 9.80 Å². The number of rotatable bonds is 8. The maximum absolute atomic E-state index is 11.9. The molecule has 0 radical (unpaired) electrons. The van der Waals surface area contributed by atoms with Gasteiger partial charge in [-0.15, -0.1) is 0 Å². The minimum atomic E-state index is -0.819. The van der Waals surface area contributed by atoms with Gasteiger partial charge in [0.2, 0.25) is 0 Å². The number of halogens is 1. The van der Waals surface area contributed by atoms with Crippen molar-refractivity contribution in [3.63, 3.8) is 0 Å². The van der Waals surface area contributed by atoms with Gasteiger partial charge in [0.05, 0.1) is 10.6 Å². The Morgan fingerprint density at radius 2 is 1.76 bits per heavy atom. The molecule has 0 spiro atoms. The highest BCUT2D eigenvalue weighted by Gasteiger charge is 2.40. The predicted octanol–water partition coefficient (Wildman–Crippen LogP) is 6.87. The van der Waals surface area contributed by atoms with Crippen molar-refractivity contribution in [3.05, 3.63) is 76.8 Å². The number of aliphatic hydroxyl groups is 1. The van der Waals surface area contributed by atoms with Crippen molar-refractivity contribution in [3.8, 4) is 5.75 Å². The molecule has 0 amide bonds. The molecular weight excluding hydrogens is 480 g/mol. The Kier molecular flexibility index (Phi) is 8.40. The van der Waals surface area contributed by atoms with E-state index in [4.69, 9.17) is 16.3 Å². The maximum atomic E-state index is 11.9. The lowest BCUT2D eigenvalue weighted by Gasteiger charge is -2.42. The van der Waals surface area contributed by atoms with Crippen LogP contribution in [0.1, 0.15) is 56.1 Å². The Morgan fingerprint density at radius 1 is 0.973 bits per heavy atom. The molecule has 2 unspecified atom stereocenters. The first-order valence-corrected chi connectivity index (χ1v) is 14.3. The molecule has 1 aliphatic carbocycles. The number of fused-ring (bicyclic) bond motifs is 1. The van der Waals surface area contributed by atoms with E-state index < -0.39 is 5.60 Å². The van der Waals surface area contributed by atoms with Crippen LogP contribution in [0.2, 0.25) is 5.02 Å². The van der Waals surface area contributed by atoms with Gasteiger partial charge in [0, 0.05) is 6.04 Å². The van der Waals surface area contributed by atoms with Crippen LogP contribution in [0, 0.1) is 5.92 Å². The van der Waals surface area contributed by atoms with Crippen LogP contribution >= 0.6 is 11.6 Å². The summed E-state index contributed by atoms with van der Waals surface area (Å²) in [6.45, 7) is 3.83. The van der Waals surface area contributed by atoms with E-state index in [9.17, 15) is 5.11 Å². The van der Waals surface area contributed by atoms with Crippen LogP contribution < -0.4 is 4.74 Å². The number of hydrogen-bond donors (Lipinski definition) is 1. The second-order valence-corrected chi connectivity index (χ2v) is 11.7. The highest BCUT2D eigenvalue weighted by Crippen LogP contribution is 2.45. The Balaban J connectivity index is 1.22. The zero-order valence-electron chi connectivity index (χ0n) is 22.3. The molecule has 3 aromatic carbocycles. The minimum Gasteiger partial charge on any atom is -0.487 e. The fraction of sp³-hybridized carbons (Fsp3) is 0.500. The Morgan fingerprint density at radius 3 is 2.51 bits per heavy atom. The SMILES string of the molecule is CN(C)C1CCN(CCC2CCCCC2(O)c2ccc(OCc3ccc4ccccc4c3)c(Cl)c2)CC1. The monoisotopic (exact) mass is 520 g/mol. The van der Waals surface area contributed by atoms with E-state index in [1.54, 1.807) is 0 Å². The number of likely N-dealkylation sites (tertiary alicyclic amines) is 1. The van der Waals surface area contributed by atoms with Crippen molar-refractivity contribution in [1.29, 1.82) is 0 Å². The molecular formula is C32H41ClN2O2. The third-order valence-corrected chi connectivity index (χ3v) is 9.05. The normalized spacial score (nSPS) is 23.5. The molecule has 198 valence electrons. The molecule has 37 heavy (non-hydrogen) atoms. The van der Waals surface area contributed by atoms with Crippen LogP contribution in [0.3, 0.4) is 0 Å². The summed E-state index contributed by atoms with van der Waals surface area (Å²) in [5, 5.41) is 14.9. The molecule has 4 nitrogen and oxygen atoms in total. The zero-order chi connectivity index (χ0) is 25.8. The van der Waals surface area contributed by atoms with Crippen LogP contribution in [-0.2, 0) is 12.2 Å². The van der Waals surface area contributed by atoms with Crippen molar-refractivity contribution in [2.75, 3.05) is 33.7 Å². The fourth-order valence-corrected chi connectivity index (χ4v) is 6.60. The molecule has 0 bridgehead atoms. The molecule has 1 aliphatic heterocycles. The Hall–Kier alpha value is -2.11. The van der Waals surface area contributed by atoms with E-state index in [0.29, 0.717) is 23.4 Å². The molecule has 5 heteroatoms. The molecule has 1 saturated heterocycles. The first-order chi connectivity index (χ1) is 17.9. The molecule has 3 aromatic rings. The molecule has 2 atom stereocenters. The van der Waals surface area contributed by atoms with Crippen molar-refractivity contribution < 1.29 is 9.84 Å². The zero-order valence-corrected chi connectivity index (χ0v) is 23.1. The fourth-order valence-electron chi connectivity index (χ4n) is 6.37. The maximum Gasteiger partial charge on any atom is 0.138 e. The highest BCUT2D eigenvalue weighted by molar-refractivity contribution is 6.32. The van der Waals surface area contributed by atoms with Gasteiger partial charge in [-0.05, 0) is 112 Å². The number of hydrogen-bond acceptors (Lipinski definition) is 4. The summed E-state index contributed by atoms with van der Waals surface area (Å²) in [6, 6.07) is 21.3. The molecule has 1 N–H and O–H groups in total. The lowest BCUT2D eigenvalue weighted by atomic mass is 9.70. The second-order valence-electron chi connectivity index (χ2n) is 11.3. The number of benzene rings is 3. The van der Waals surface area contributed by atoms with Crippen LogP contribution in [0.5, 0.6) is 5.75 Å². The molecule has 0 aromatic heterocycles. The summed E-state index contributed by atoms with van der Waals surface area (Å²) in [4.78, 5) is 4.95. The van der Waals surface area contributed by atoms with Crippen LogP contribution in [0.15, 0.2) is 60.7 Å². The van der Waals surface area contributed by atoms with Gasteiger partial charge >= 0.3 is 0 Å². The van der Waals surface area contributed by atoms with Gasteiger partial charge in [-0.3, -0.25) is 0 Å². The summed E-state index contributed by atoms with van der Waals surface area (Å²) >= 11 is 6.71. The number of ether oxygens (including phenoxy) is 1. The number of nitrogens with zero attached hydrogens (tertiary/aromatic N) is 2. The van der Waals surface area contributed by atoms with Gasteiger partial charge in [-0.25, -0.2) is 0 Å². The van der Waals surface area contributed by atoms with Gasteiger partial charge in [-0.2, -0.15) is 0 Å². The van der Waals surface area contributed by atoms with Crippen molar-refractivity contribution >= 4 is 22.4 Å². The first-order valence-electron chi connectivity index (χ1n) is 13.9. The molecule has 2 aliphatic rings. The molecule has 1 saturated carbocycles. The lowest BCUT2D eigenvalue weighted by molar-refractivity contribution is -0.0608. The van der Waals surface area contributed by atoms with Crippen LogP contribution in [0.4, 0.5) is 0 Å². The quantitative estimate of drug-likeness (QED) is 0.351. The van der Waals surface area contributed by atoms with E-state index in [1.165, 1.54) is 30.0 Å².